The van der Waals surface area contributed by atoms with Crippen LogP contribution in [0.2, 0.25) is 5.02 Å². The van der Waals surface area contributed by atoms with Crippen LogP contribution >= 0.6 is 11.6 Å². The first-order valence-electron chi connectivity index (χ1n) is 9.15. The number of hydrogen-bond donors (Lipinski definition) is 0. The molecule has 2 aromatic rings. The van der Waals surface area contributed by atoms with Gasteiger partial charge in [-0.05, 0) is 42.0 Å². The van der Waals surface area contributed by atoms with E-state index in [2.05, 4.69) is 5.10 Å². The van der Waals surface area contributed by atoms with Gasteiger partial charge < -0.3 is 4.90 Å². The molecule has 0 saturated heterocycles. The highest BCUT2D eigenvalue weighted by Gasteiger charge is 2.39. The lowest BCUT2D eigenvalue weighted by Gasteiger charge is -2.46. The third-order valence-electron chi connectivity index (χ3n) is 4.73. The van der Waals surface area contributed by atoms with Crippen LogP contribution < -0.4 is 9.91 Å². The maximum absolute atomic E-state index is 12.6. The summed E-state index contributed by atoms with van der Waals surface area (Å²) in [5, 5.41) is 9.91. The molecule has 1 heterocycles. The van der Waals surface area contributed by atoms with Gasteiger partial charge in [0.1, 0.15) is 0 Å². The van der Waals surface area contributed by atoms with Gasteiger partial charge in [0, 0.05) is 45.7 Å². The minimum atomic E-state index is -0.557. The highest BCUT2D eigenvalue weighted by Crippen LogP contribution is 2.36. The number of hydrogen-bond acceptors (Lipinski definition) is 6. The molecule has 0 fully saturated rings. The van der Waals surface area contributed by atoms with Gasteiger partial charge in [0.2, 0.25) is 11.7 Å². The molecule has 1 atom stereocenters. The summed E-state index contributed by atoms with van der Waals surface area (Å²) in [4.78, 5) is 26.8. The number of benzene rings is 2. The molecule has 8 heteroatoms. The summed E-state index contributed by atoms with van der Waals surface area (Å²) in [6.45, 7) is 2.90. The van der Waals surface area contributed by atoms with E-state index in [4.69, 9.17) is 11.6 Å². The topological polar surface area (TPSA) is 59.5 Å². The number of amidine groups is 1. The second-order valence-electron chi connectivity index (χ2n) is 7.05. The first-order chi connectivity index (χ1) is 13.7. The lowest BCUT2D eigenvalue weighted by Crippen LogP contribution is -2.58. The fourth-order valence-electron chi connectivity index (χ4n) is 3.29. The molecule has 1 aliphatic heterocycles. The zero-order chi connectivity index (χ0) is 21.3. The standard InChI is InChI=1S/C21H24ClN5O2/c1-14(28)20-23-26(19-12-8-17(22)9-13-19)21(27(15(2)29)25(20)5)16-6-10-18(11-7-16)24(3)4/h6-13,21H,1-5H3. The highest BCUT2D eigenvalue weighted by molar-refractivity contribution is 6.38. The van der Waals surface area contributed by atoms with Gasteiger partial charge >= 0.3 is 0 Å². The molecule has 1 aliphatic rings. The molecule has 0 spiro atoms. The van der Waals surface area contributed by atoms with Crippen LogP contribution in [0.1, 0.15) is 25.6 Å². The van der Waals surface area contributed by atoms with E-state index in [1.54, 1.807) is 24.2 Å². The van der Waals surface area contributed by atoms with Crippen molar-refractivity contribution < 1.29 is 9.59 Å². The molecule has 3 rings (SSSR count). The van der Waals surface area contributed by atoms with Gasteiger partial charge in [-0.25, -0.2) is 10.0 Å². The van der Waals surface area contributed by atoms with Crippen LogP contribution in [-0.2, 0) is 9.59 Å². The molecule has 1 unspecified atom stereocenters. The van der Waals surface area contributed by atoms with E-state index in [0.717, 1.165) is 11.3 Å². The lowest BCUT2D eigenvalue weighted by molar-refractivity contribution is -0.145. The molecule has 29 heavy (non-hydrogen) atoms. The van der Waals surface area contributed by atoms with Gasteiger partial charge in [0.25, 0.3) is 0 Å². The predicted octanol–water partition coefficient (Wildman–Crippen LogP) is 3.52. The van der Waals surface area contributed by atoms with Crippen molar-refractivity contribution in [1.29, 1.82) is 0 Å². The van der Waals surface area contributed by atoms with E-state index in [-0.39, 0.29) is 17.5 Å². The molecule has 0 aliphatic carbocycles. The molecule has 0 bridgehead atoms. The third kappa shape index (κ3) is 4.05. The number of rotatable bonds is 4. The van der Waals surface area contributed by atoms with Gasteiger partial charge in [-0.1, -0.05) is 23.7 Å². The molecular formula is C21H24ClN5O2. The molecule has 0 saturated carbocycles. The Morgan fingerprint density at radius 2 is 1.59 bits per heavy atom. The van der Waals surface area contributed by atoms with E-state index in [1.165, 1.54) is 23.9 Å². The van der Waals surface area contributed by atoms with Crippen LogP contribution in [0.25, 0.3) is 0 Å². The van der Waals surface area contributed by atoms with Gasteiger partial charge in [-0.3, -0.25) is 14.6 Å². The van der Waals surface area contributed by atoms with Crippen molar-refractivity contribution in [3.8, 4) is 0 Å². The molecule has 2 aromatic carbocycles. The molecule has 0 aromatic heterocycles. The predicted molar refractivity (Wildman–Crippen MR) is 116 cm³/mol. The largest absolute Gasteiger partial charge is 0.378 e. The number of carbonyl (C=O) groups excluding carboxylic acids is 2. The number of amides is 1. The SMILES string of the molecule is CC(=O)C1=NN(c2ccc(Cl)cc2)C(c2ccc(N(C)C)cc2)N(C(C)=O)N1C. The average Bonchev–Trinajstić information content (AvgIpc) is 2.67. The second kappa shape index (κ2) is 8.13. The molecule has 7 nitrogen and oxygen atoms in total. The summed E-state index contributed by atoms with van der Waals surface area (Å²) >= 11 is 6.05. The molecule has 152 valence electrons. The zero-order valence-electron chi connectivity index (χ0n) is 17.1. The van der Waals surface area contributed by atoms with Crippen LogP contribution in [0, 0.1) is 0 Å². The Morgan fingerprint density at radius 1 is 1.00 bits per heavy atom. The van der Waals surface area contributed by atoms with E-state index in [9.17, 15) is 9.59 Å². The summed E-state index contributed by atoms with van der Waals surface area (Å²) in [6.07, 6.45) is -0.557. The van der Waals surface area contributed by atoms with E-state index in [0.29, 0.717) is 10.7 Å². The summed E-state index contributed by atoms with van der Waals surface area (Å²) in [5.41, 5.74) is 2.62. The normalized spacial score (nSPS) is 16.6. The van der Waals surface area contributed by atoms with Crippen molar-refractivity contribution in [2.24, 2.45) is 5.10 Å². The smallest absolute Gasteiger partial charge is 0.240 e. The quantitative estimate of drug-likeness (QED) is 0.767. The Balaban J connectivity index is 2.18. The number of nitrogens with zero attached hydrogens (tertiary/aromatic N) is 5. The Labute approximate surface area is 175 Å². The molecular weight excluding hydrogens is 390 g/mol. The molecule has 0 radical (unpaired) electrons. The maximum atomic E-state index is 12.6. The van der Waals surface area contributed by atoms with Gasteiger partial charge in [-0.15, -0.1) is 5.10 Å². The fraction of sp³-hybridized carbons (Fsp3) is 0.286. The number of hydrazine groups is 1. The van der Waals surface area contributed by atoms with Crippen molar-refractivity contribution in [1.82, 2.24) is 10.0 Å². The monoisotopic (exact) mass is 413 g/mol. The number of Topliss-reactive ketones (excluding diaryl/α,β-unsaturated/α-hetero) is 1. The highest BCUT2D eigenvalue weighted by atomic mass is 35.5. The Morgan fingerprint density at radius 3 is 2.07 bits per heavy atom. The Hall–Kier alpha value is -3.06. The lowest BCUT2D eigenvalue weighted by atomic mass is 10.1. The second-order valence-corrected chi connectivity index (χ2v) is 7.48. The average molecular weight is 414 g/mol. The van der Waals surface area contributed by atoms with Crippen LogP contribution in [0.3, 0.4) is 0 Å². The number of hydrazone groups is 1. The molecule has 0 N–H and O–H groups in total. The van der Waals surface area contributed by atoms with E-state index in [1.807, 2.05) is 55.4 Å². The van der Waals surface area contributed by atoms with Crippen LogP contribution in [-0.4, -0.2) is 48.7 Å². The Kier molecular flexibility index (Phi) is 5.79. The van der Waals surface area contributed by atoms with Crippen molar-refractivity contribution in [2.75, 3.05) is 31.1 Å². The van der Waals surface area contributed by atoms with Crippen LogP contribution in [0.15, 0.2) is 53.6 Å². The van der Waals surface area contributed by atoms with Gasteiger partial charge in [0.15, 0.2) is 11.9 Å². The summed E-state index contributed by atoms with van der Waals surface area (Å²) < 4.78 is 0. The first kappa shape index (κ1) is 20.7. The van der Waals surface area contributed by atoms with Crippen LogP contribution in [0.4, 0.5) is 11.4 Å². The number of likely N-dealkylation sites (N-methyl/N-ethyl adjacent to an activating group) is 1. The summed E-state index contributed by atoms with van der Waals surface area (Å²) in [7, 11) is 5.60. The first-order valence-corrected chi connectivity index (χ1v) is 9.53. The van der Waals surface area contributed by atoms with Crippen molar-refractivity contribution in [2.45, 2.75) is 20.0 Å². The summed E-state index contributed by atoms with van der Waals surface area (Å²) in [6, 6.07) is 15.0. The van der Waals surface area contributed by atoms with E-state index < -0.39 is 6.17 Å². The number of anilines is 2. The molecule has 1 amide bonds. The fourth-order valence-corrected chi connectivity index (χ4v) is 3.42. The zero-order valence-corrected chi connectivity index (χ0v) is 17.9. The van der Waals surface area contributed by atoms with Crippen molar-refractivity contribution >= 4 is 40.5 Å². The minimum Gasteiger partial charge on any atom is -0.378 e. The Bertz CT molecular complexity index is 941. The van der Waals surface area contributed by atoms with Gasteiger partial charge in [-0.2, -0.15) is 0 Å². The maximum Gasteiger partial charge on any atom is 0.240 e. The van der Waals surface area contributed by atoms with Crippen molar-refractivity contribution in [3.05, 3.63) is 59.1 Å². The third-order valence-corrected chi connectivity index (χ3v) is 4.98. The summed E-state index contributed by atoms with van der Waals surface area (Å²) in [5.74, 6) is -0.266. The minimum absolute atomic E-state index is 0.177. The number of halogens is 1. The number of ketones is 1. The van der Waals surface area contributed by atoms with Gasteiger partial charge in [0.05, 0.1) is 5.69 Å². The van der Waals surface area contributed by atoms with E-state index >= 15 is 0 Å². The van der Waals surface area contributed by atoms with Crippen LogP contribution in [0.5, 0.6) is 0 Å². The van der Waals surface area contributed by atoms with Crippen molar-refractivity contribution in [3.63, 3.8) is 0 Å². The number of carbonyl (C=O) groups is 2.